The molecule has 1 rings (SSSR count). The van der Waals surface area contributed by atoms with Gasteiger partial charge in [0.15, 0.2) is 0 Å². The SMILES string of the molecule is Cc1cc(CNC=O)c(F)cc1F. The second-order valence-corrected chi connectivity index (χ2v) is 2.69. The summed E-state index contributed by atoms with van der Waals surface area (Å²) in [6.07, 6.45) is 0.470. The second-order valence-electron chi connectivity index (χ2n) is 2.69. The van der Waals surface area contributed by atoms with E-state index in [0.717, 1.165) is 6.07 Å². The van der Waals surface area contributed by atoms with Crippen molar-refractivity contribution < 1.29 is 13.6 Å². The van der Waals surface area contributed by atoms with Gasteiger partial charge in [-0.2, -0.15) is 0 Å². The summed E-state index contributed by atoms with van der Waals surface area (Å²) in [5.41, 5.74) is 0.648. The van der Waals surface area contributed by atoms with Gasteiger partial charge in [-0.3, -0.25) is 4.79 Å². The van der Waals surface area contributed by atoms with Gasteiger partial charge >= 0.3 is 0 Å². The van der Waals surface area contributed by atoms with Crippen LogP contribution in [-0.2, 0) is 11.3 Å². The molecule has 0 aliphatic rings. The lowest BCUT2D eigenvalue weighted by Gasteiger charge is -2.04. The smallest absolute Gasteiger partial charge is 0.207 e. The Labute approximate surface area is 74.6 Å². The Hall–Kier alpha value is -1.45. The van der Waals surface area contributed by atoms with E-state index >= 15 is 0 Å². The molecule has 0 unspecified atom stereocenters. The predicted molar refractivity (Wildman–Crippen MR) is 44.0 cm³/mol. The van der Waals surface area contributed by atoms with Gasteiger partial charge in [0, 0.05) is 18.2 Å². The van der Waals surface area contributed by atoms with Gasteiger partial charge in [-0.25, -0.2) is 8.78 Å². The number of benzene rings is 1. The highest BCUT2D eigenvalue weighted by Crippen LogP contribution is 2.13. The molecule has 13 heavy (non-hydrogen) atoms. The number of halogens is 2. The van der Waals surface area contributed by atoms with E-state index in [1.165, 1.54) is 6.07 Å². The first-order valence-electron chi connectivity index (χ1n) is 3.76. The normalized spacial score (nSPS) is 9.77. The van der Waals surface area contributed by atoms with Crippen LogP contribution in [0.1, 0.15) is 11.1 Å². The minimum Gasteiger partial charge on any atom is -0.354 e. The van der Waals surface area contributed by atoms with Crippen LogP contribution in [0.25, 0.3) is 0 Å². The average molecular weight is 185 g/mol. The van der Waals surface area contributed by atoms with Crippen molar-refractivity contribution in [2.75, 3.05) is 0 Å². The average Bonchev–Trinajstić information content (AvgIpc) is 2.09. The zero-order chi connectivity index (χ0) is 9.84. The second kappa shape index (κ2) is 3.98. The van der Waals surface area contributed by atoms with Gasteiger partial charge < -0.3 is 5.32 Å². The van der Waals surface area contributed by atoms with Crippen molar-refractivity contribution in [3.05, 3.63) is 34.9 Å². The Morgan fingerprint density at radius 1 is 1.38 bits per heavy atom. The molecule has 70 valence electrons. The van der Waals surface area contributed by atoms with Crippen LogP contribution in [-0.4, -0.2) is 6.41 Å². The molecular weight excluding hydrogens is 176 g/mol. The van der Waals surface area contributed by atoms with Crippen LogP contribution < -0.4 is 5.32 Å². The largest absolute Gasteiger partial charge is 0.354 e. The molecule has 4 heteroatoms. The summed E-state index contributed by atoms with van der Waals surface area (Å²) < 4.78 is 25.7. The van der Waals surface area contributed by atoms with Crippen LogP contribution in [0.2, 0.25) is 0 Å². The number of carbonyl (C=O) groups excluding carboxylic acids is 1. The summed E-state index contributed by atoms with van der Waals surface area (Å²) >= 11 is 0. The molecule has 1 aromatic carbocycles. The first-order valence-corrected chi connectivity index (χ1v) is 3.76. The summed E-state index contributed by atoms with van der Waals surface area (Å²) in [7, 11) is 0. The third kappa shape index (κ3) is 2.24. The Balaban J connectivity index is 2.94. The van der Waals surface area contributed by atoms with Gasteiger partial charge in [0.2, 0.25) is 6.41 Å². The zero-order valence-corrected chi connectivity index (χ0v) is 7.10. The number of aryl methyl sites for hydroxylation is 1. The number of carbonyl (C=O) groups is 1. The minimum atomic E-state index is -0.641. The summed E-state index contributed by atoms with van der Waals surface area (Å²) in [5, 5.41) is 2.31. The van der Waals surface area contributed by atoms with E-state index in [4.69, 9.17) is 0 Å². The first kappa shape index (κ1) is 9.64. The highest BCUT2D eigenvalue weighted by Gasteiger charge is 2.05. The highest BCUT2D eigenvalue weighted by atomic mass is 19.1. The van der Waals surface area contributed by atoms with E-state index in [9.17, 15) is 13.6 Å². The third-order valence-electron chi connectivity index (χ3n) is 1.70. The van der Waals surface area contributed by atoms with Gasteiger partial charge in [-0.15, -0.1) is 0 Å². The van der Waals surface area contributed by atoms with Gasteiger partial charge in [-0.1, -0.05) is 0 Å². The van der Waals surface area contributed by atoms with Crippen LogP contribution in [0.3, 0.4) is 0 Å². The molecule has 1 amide bonds. The van der Waals surface area contributed by atoms with E-state index < -0.39 is 11.6 Å². The molecule has 0 aliphatic heterocycles. The van der Waals surface area contributed by atoms with Crippen LogP contribution >= 0.6 is 0 Å². The zero-order valence-electron chi connectivity index (χ0n) is 7.10. The monoisotopic (exact) mass is 185 g/mol. The maximum absolute atomic E-state index is 13.0. The Kier molecular flexibility index (Phi) is 2.95. The van der Waals surface area contributed by atoms with E-state index in [2.05, 4.69) is 5.32 Å². The van der Waals surface area contributed by atoms with Crippen molar-refractivity contribution in [1.29, 1.82) is 0 Å². The lowest BCUT2D eigenvalue weighted by molar-refractivity contribution is -0.109. The van der Waals surface area contributed by atoms with Gasteiger partial charge in [-0.05, 0) is 18.6 Å². The fraction of sp³-hybridized carbons (Fsp3) is 0.222. The fourth-order valence-corrected chi connectivity index (χ4v) is 1.00. The fourth-order valence-electron chi connectivity index (χ4n) is 1.00. The highest BCUT2D eigenvalue weighted by molar-refractivity contribution is 5.46. The molecule has 0 heterocycles. The maximum Gasteiger partial charge on any atom is 0.207 e. The van der Waals surface area contributed by atoms with E-state index in [1.807, 2.05) is 0 Å². The number of hydrogen-bond donors (Lipinski definition) is 1. The molecule has 0 saturated heterocycles. The summed E-state index contributed by atoms with van der Waals surface area (Å²) in [6.45, 7) is 1.62. The maximum atomic E-state index is 13.0. The first-order chi connectivity index (χ1) is 6.15. The van der Waals surface area contributed by atoms with Gasteiger partial charge in [0.1, 0.15) is 11.6 Å². The molecule has 1 aromatic rings. The Morgan fingerprint density at radius 2 is 2.08 bits per heavy atom. The minimum absolute atomic E-state index is 0.0798. The van der Waals surface area contributed by atoms with Crippen LogP contribution in [0.15, 0.2) is 12.1 Å². The Bertz CT molecular complexity index is 326. The summed E-state index contributed by atoms with van der Waals surface area (Å²) in [6, 6.07) is 2.19. The van der Waals surface area contributed by atoms with Crippen molar-refractivity contribution in [3.8, 4) is 0 Å². The lowest BCUT2D eigenvalue weighted by Crippen LogP contribution is -2.11. The van der Waals surface area contributed by atoms with Gasteiger partial charge in [0.25, 0.3) is 0 Å². The summed E-state index contributed by atoms with van der Waals surface area (Å²) in [5.74, 6) is -1.22. The molecule has 0 atom stereocenters. The summed E-state index contributed by atoms with van der Waals surface area (Å²) in [4.78, 5) is 9.93. The third-order valence-corrected chi connectivity index (χ3v) is 1.70. The molecule has 0 radical (unpaired) electrons. The predicted octanol–water partition coefficient (Wildman–Crippen LogP) is 1.52. The van der Waals surface area contributed by atoms with Crippen LogP contribution in [0.5, 0.6) is 0 Å². The standard InChI is InChI=1S/C9H9F2NO/c1-6-2-7(4-12-5-13)9(11)3-8(6)10/h2-3,5H,4H2,1H3,(H,12,13). The van der Waals surface area contributed by atoms with E-state index in [0.29, 0.717) is 12.0 Å². The van der Waals surface area contributed by atoms with Crippen molar-refractivity contribution in [2.24, 2.45) is 0 Å². The number of hydrogen-bond acceptors (Lipinski definition) is 1. The van der Waals surface area contributed by atoms with Crippen molar-refractivity contribution >= 4 is 6.41 Å². The topological polar surface area (TPSA) is 29.1 Å². The number of nitrogens with one attached hydrogen (secondary N) is 1. The molecular formula is C9H9F2NO. The molecule has 1 N–H and O–H groups in total. The molecule has 0 aliphatic carbocycles. The lowest BCUT2D eigenvalue weighted by atomic mass is 10.1. The van der Waals surface area contributed by atoms with Crippen molar-refractivity contribution in [2.45, 2.75) is 13.5 Å². The molecule has 2 nitrogen and oxygen atoms in total. The van der Waals surface area contributed by atoms with E-state index in [1.54, 1.807) is 6.92 Å². The number of amides is 1. The van der Waals surface area contributed by atoms with E-state index in [-0.39, 0.29) is 12.1 Å². The molecule has 0 aromatic heterocycles. The Morgan fingerprint density at radius 3 is 2.69 bits per heavy atom. The quantitative estimate of drug-likeness (QED) is 0.711. The van der Waals surface area contributed by atoms with Crippen molar-refractivity contribution in [1.82, 2.24) is 5.32 Å². The van der Waals surface area contributed by atoms with Crippen LogP contribution in [0.4, 0.5) is 8.78 Å². The van der Waals surface area contributed by atoms with Gasteiger partial charge in [0.05, 0.1) is 0 Å². The van der Waals surface area contributed by atoms with Crippen molar-refractivity contribution in [3.63, 3.8) is 0 Å². The number of rotatable bonds is 3. The molecule has 0 fully saturated rings. The molecule has 0 spiro atoms. The molecule has 0 saturated carbocycles. The molecule has 0 bridgehead atoms. The van der Waals surface area contributed by atoms with Crippen LogP contribution in [0, 0.1) is 18.6 Å².